The third kappa shape index (κ3) is 3.22. The van der Waals surface area contributed by atoms with Gasteiger partial charge in [-0.1, -0.05) is 83.9 Å². The van der Waals surface area contributed by atoms with Crippen molar-refractivity contribution in [2.24, 2.45) is 0 Å². The molecule has 17 heavy (non-hydrogen) atoms. The Morgan fingerprint density at radius 3 is 1.41 bits per heavy atom. The fraction of sp³-hybridized carbons (Fsp3) is 0.0714. The summed E-state index contributed by atoms with van der Waals surface area (Å²) in [5.74, 6) is 0. The first-order valence-electron chi connectivity index (χ1n) is 5.22. The number of hydrogen-bond acceptors (Lipinski definition) is 0. The van der Waals surface area contributed by atoms with Crippen molar-refractivity contribution in [2.45, 2.75) is 4.07 Å². The molecule has 0 spiro atoms. The Morgan fingerprint density at radius 1 is 0.765 bits per heavy atom. The number of alkyl halides is 2. The maximum absolute atomic E-state index is 6.25. The molecule has 0 aliphatic carbocycles. The lowest BCUT2D eigenvalue weighted by Gasteiger charge is -2.27. The van der Waals surface area contributed by atoms with Crippen LogP contribution in [0.5, 0.6) is 0 Å². The van der Waals surface area contributed by atoms with Gasteiger partial charge in [0, 0.05) is 0 Å². The van der Waals surface area contributed by atoms with Crippen molar-refractivity contribution in [1.29, 1.82) is 0 Å². The highest BCUT2D eigenvalue weighted by Crippen LogP contribution is 2.52. The van der Waals surface area contributed by atoms with Gasteiger partial charge < -0.3 is 0 Å². The van der Waals surface area contributed by atoms with Gasteiger partial charge >= 0.3 is 0 Å². The summed E-state index contributed by atoms with van der Waals surface area (Å²) in [6.45, 7) is 3.88. The van der Waals surface area contributed by atoms with Gasteiger partial charge in [0.15, 0.2) is 0 Å². The molecule has 0 nitrogen and oxygen atoms in total. The highest BCUT2D eigenvalue weighted by atomic mass is 35.5. The molecular weight excluding hydrogens is 270 g/mol. The predicted molar refractivity (Wildman–Crippen MR) is 78.9 cm³/mol. The average molecular weight is 282 g/mol. The predicted octanol–water partition coefficient (Wildman–Crippen LogP) is 4.08. The van der Waals surface area contributed by atoms with Crippen LogP contribution in [-0.2, 0) is 0 Å². The smallest absolute Gasteiger partial charge is 0.0958 e. The van der Waals surface area contributed by atoms with E-state index in [4.69, 9.17) is 23.2 Å². The molecule has 2 aromatic rings. The van der Waals surface area contributed by atoms with Gasteiger partial charge in [0.1, 0.15) is 4.07 Å². The summed E-state index contributed by atoms with van der Waals surface area (Å²) in [5.41, 5.74) is 0. The van der Waals surface area contributed by atoms with E-state index in [0.717, 1.165) is 10.6 Å². The molecule has 0 saturated carbocycles. The van der Waals surface area contributed by atoms with Gasteiger partial charge in [-0.25, -0.2) is 0 Å². The molecule has 2 aromatic carbocycles. The van der Waals surface area contributed by atoms with Crippen molar-refractivity contribution in [1.82, 2.24) is 0 Å². The molecule has 87 valence electrons. The molecule has 2 rings (SSSR count). The summed E-state index contributed by atoms with van der Waals surface area (Å²) in [6.07, 6.45) is 0. The van der Waals surface area contributed by atoms with Crippen molar-refractivity contribution in [2.75, 3.05) is 0 Å². The first kappa shape index (κ1) is 12.9. The Morgan fingerprint density at radius 2 is 1.12 bits per heavy atom. The van der Waals surface area contributed by atoms with Crippen LogP contribution >= 0.6 is 31.1 Å². The summed E-state index contributed by atoms with van der Waals surface area (Å²) in [5, 5.41) is 2.27. The zero-order valence-corrected chi connectivity index (χ0v) is 11.6. The van der Waals surface area contributed by atoms with Gasteiger partial charge in [-0.2, -0.15) is 0 Å². The molecule has 0 N–H and O–H groups in total. The van der Waals surface area contributed by atoms with E-state index < -0.39 is 12.0 Å². The first-order valence-corrected chi connectivity index (χ1v) is 7.32. The van der Waals surface area contributed by atoms with Crippen LogP contribution in [0.15, 0.2) is 60.7 Å². The van der Waals surface area contributed by atoms with E-state index in [1.807, 2.05) is 60.7 Å². The Bertz CT molecular complexity index is 423. The van der Waals surface area contributed by atoms with Crippen LogP contribution < -0.4 is 10.6 Å². The minimum absolute atomic E-state index is 0.872. The van der Waals surface area contributed by atoms with E-state index in [1.165, 1.54) is 0 Å². The molecule has 0 bridgehead atoms. The maximum atomic E-state index is 6.25. The Kier molecular flexibility index (Phi) is 4.09. The van der Waals surface area contributed by atoms with Gasteiger partial charge in [0.2, 0.25) is 0 Å². The van der Waals surface area contributed by atoms with Crippen LogP contribution in [0, 0.1) is 6.92 Å². The molecule has 1 radical (unpaired) electrons. The van der Waals surface area contributed by atoms with Crippen molar-refractivity contribution >= 4 is 41.7 Å². The monoisotopic (exact) mass is 281 g/mol. The number of hydrogen-bond donors (Lipinski definition) is 0. The van der Waals surface area contributed by atoms with Crippen LogP contribution in [0.4, 0.5) is 0 Å². The second-order valence-electron chi connectivity index (χ2n) is 3.67. The topological polar surface area (TPSA) is 0 Å². The quantitative estimate of drug-likeness (QED) is 0.587. The minimum atomic E-state index is -1.02. The zero-order chi connectivity index (χ0) is 12.3. The van der Waals surface area contributed by atoms with Crippen LogP contribution in [0.2, 0.25) is 0 Å². The third-order valence-corrected chi connectivity index (χ3v) is 5.65. The first-order chi connectivity index (χ1) is 8.09. The van der Waals surface area contributed by atoms with E-state index in [1.54, 1.807) is 0 Å². The van der Waals surface area contributed by atoms with Crippen molar-refractivity contribution in [3.8, 4) is 0 Å². The van der Waals surface area contributed by atoms with Gasteiger partial charge in [-0.15, -0.1) is 0 Å². The molecule has 0 saturated heterocycles. The lowest BCUT2D eigenvalue weighted by Crippen LogP contribution is -2.22. The minimum Gasteiger partial charge on any atom is -0.0958 e. The molecule has 0 heterocycles. The van der Waals surface area contributed by atoms with E-state index in [-0.39, 0.29) is 0 Å². The van der Waals surface area contributed by atoms with Gasteiger partial charge in [-0.3, -0.25) is 0 Å². The largest absolute Gasteiger partial charge is 0.145 e. The van der Waals surface area contributed by atoms with Crippen molar-refractivity contribution in [3.63, 3.8) is 0 Å². The fourth-order valence-corrected chi connectivity index (χ4v) is 4.85. The van der Waals surface area contributed by atoms with E-state index in [0.29, 0.717) is 0 Å². The van der Waals surface area contributed by atoms with Gasteiger partial charge in [-0.05, 0) is 25.5 Å². The summed E-state index contributed by atoms with van der Waals surface area (Å²) in [4.78, 5) is 0. The molecule has 0 atom stereocenters. The highest BCUT2D eigenvalue weighted by Gasteiger charge is 2.32. The summed E-state index contributed by atoms with van der Waals surface area (Å²) < 4.78 is -1.02. The molecular formula is C14H12Cl2P. The molecule has 0 aliphatic rings. The maximum Gasteiger partial charge on any atom is 0.145 e. The van der Waals surface area contributed by atoms with Crippen LogP contribution in [0.3, 0.4) is 0 Å². The third-order valence-electron chi connectivity index (χ3n) is 2.36. The Labute approximate surface area is 113 Å². The Hall–Kier alpha value is -0.550. The molecule has 0 unspecified atom stereocenters. The molecule has 0 aliphatic heterocycles. The van der Waals surface area contributed by atoms with Crippen LogP contribution in [-0.4, -0.2) is 4.07 Å². The number of rotatable bonds is 3. The SMILES string of the molecule is [CH2]C(Cl)(Cl)P(c1ccccc1)c1ccccc1. The normalized spacial score (nSPS) is 11.8. The summed E-state index contributed by atoms with van der Waals surface area (Å²) >= 11 is 12.5. The van der Waals surface area contributed by atoms with Crippen LogP contribution in [0.1, 0.15) is 0 Å². The second-order valence-corrected chi connectivity index (χ2v) is 8.15. The van der Waals surface area contributed by atoms with E-state index in [9.17, 15) is 0 Å². The van der Waals surface area contributed by atoms with E-state index >= 15 is 0 Å². The fourth-order valence-electron chi connectivity index (χ4n) is 1.68. The lowest BCUT2D eigenvalue weighted by molar-refractivity contribution is 1.47. The lowest BCUT2D eigenvalue weighted by atomic mass is 10.4. The van der Waals surface area contributed by atoms with E-state index in [2.05, 4.69) is 6.92 Å². The Balaban J connectivity index is 2.48. The standard InChI is InChI=1S/C14H12Cl2P/c1-14(15,16)17(12-8-4-2-5-9-12)13-10-6-3-7-11-13/h2-11H,1H2. The second kappa shape index (κ2) is 5.40. The molecule has 0 amide bonds. The van der Waals surface area contributed by atoms with Crippen molar-refractivity contribution in [3.05, 3.63) is 67.6 Å². The molecule has 0 aromatic heterocycles. The molecule has 0 fully saturated rings. The zero-order valence-electron chi connectivity index (χ0n) is 9.18. The van der Waals surface area contributed by atoms with Gasteiger partial charge in [0.05, 0.1) is 0 Å². The van der Waals surface area contributed by atoms with Crippen molar-refractivity contribution < 1.29 is 0 Å². The summed E-state index contributed by atoms with van der Waals surface area (Å²) in [6, 6.07) is 20.1. The molecule has 3 heteroatoms. The number of benzene rings is 2. The van der Waals surface area contributed by atoms with Gasteiger partial charge in [0.25, 0.3) is 0 Å². The average Bonchev–Trinajstić information content (AvgIpc) is 2.30. The van der Waals surface area contributed by atoms with Crippen LogP contribution in [0.25, 0.3) is 0 Å². The summed E-state index contributed by atoms with van der Waals surface area (Å²) in [7, 11) is -0.872. The number of halogens is 2. The highest BCUT2D eigenvalue weighted by molar-refractivity contribution is 7.77.